The highest BCUT2D eigenvalue weighted by Crippen LogP contribution is 2.23. The predicted octanol–water partition coefficient (Wildman–Crippen LogP) is 1.88. The Morgan fingerprint density at radius 3 is 2.83 bits per heavy atom. The second-order valence-electron chi connectivity index (χ2n) is 5.00. The van der Waals surface area contributed by atoms with Gasteiger partial charge in [-0.1, -0.05) is 18.9 Å². The van der Waals surface area contributed by atoms with Crippen LogP contribution in [0.25, 0.3) is 0 Å². The number of aliphatic hydroxyl groups excluding tert-OH is 2. The summed E-state index contributed by atoms with van der Waals surface area (Å²) in [5.74, 6) is 0.903. The van der Waals surface area contributed by atoms with Crippen LogP contribution in [0.15, 0.2) is 18.3 Å². The van der Waals surface area contributed by atoms with Crippen molar-refractivity contribution in [3.8, 4) is 0 Å². The van der Waals surface area contributed by atoms with Crippen molar-refractivity contribution in [1.29, 1.82) is 0 Å². The number of aromatic nitrogens is 1. The monoisotopic (exact) mass is 250 g/mol. The molecule has 0 aliphatic carbocycles. The Morgan fingerprint density at radius 1 is 1.39 bits per heavy atom. The summed E-state index contributed by atoms with van der Waals surface area (Å²) in [4.78, 5) is 6.61. The molecular formula is C14H22N2O2. The molecule has 1 fully saturated rings. The lowest BCUT2D eigenvalue weighted by Crippen LogP contribution is -2.38. The molecule has 1 saturated heterocycles. The van der Waals surface area contributed by atoms with Crippen molar-refractivity contribution in [2.24, 2.45) is 0 Å². The maximum atomic E-state index is 9.48. The molecule has 2 atom stereocenters. The first kappa shape index (κ1) is 13.3. The number of pyridine rings is 1. The van der Waals surface area contributed by atoms with E-state index in [0.717, 1.165) is 30.8 Å². The minimum atomic E-state index is -0.482. The van der Waals surface area contributed by atoms with Crippen LogP contribution in [-0.2, 0) is 0 Å². The molecule has 0 amide bonds. The molecule has 0 aromatic carbocycles. The summed E-state index contributed by atoms with van der Waals surface area (Å²) < 4.78 is 0. The highest BCUT2D eigenvalue weighted by atomic mass is 16.3. The Bertz CT molecular complexity index is 365. The van der Waals surface area contributed by atoms with Gasteiger partial charge in [0, 0.05) is 12.7 Å². The second kappa shape index (κ2) is 6.16. The van der Waals surface area contributed by atoms with Gasteiger partial charge in [-0.25, -0.2) is 4.98 Å². The van der Waals surface area contributed by atoms with E-state index in [1.165, 1.54) is 12.8 Å². The smallest absolute Gasteiger partial charge is 0.128 e. The number of hydrogen-bond acceptors (Lipinski definition) is 4. The molecule has 0 spiro atoms. The zero-order chi connectivity index (χ0) is 13.0. The summed E-state index contributed by atoms with van der Waals surface area (Å²) >= 11 is 0. The Hall–Kier alpha value is -1.13. The van der Waals surface area contributed by atoms with Crippen LogP contribution in [0, 0.1) is 0 Å². The molecular weight excluding hydrogens is 228 g/mol. The van der Waals surface area contributed by atoms with Gasteiger partial charge in [0.1, 0.15) is 5.82 Å². The Balaban J connectivity index is 2.16. The average Bonchev–Trinajstić information content (AvgIpc) is 2.63. The van der Waals surface area contributed by atoms with Crippen LogP contribution in [0.4, 0.5) is 5.82 Å². The fourth-order valence-electron chi connectivity index (χ4n) is 2.48. The van der Waals surface area contributed by atoms with E-state index in [1.807, 2.05) is 12.1 Å². The van der Waals surface area contributed by atoms with Gasteiger partial charge in [0.2, 0.25) is 0 Å². The molecule has 2 N–H and O–H groups in total. The van der Waals surface area contributed by atoms with Crippen LogP contribution in [0.1, 0.15) is 44.3 Å². The van der Waals surface area contributed by atoms with Gasteiger partial charge in [-0.05, 0) is 31.4 Å². The molecule has 2 rings (SSSR count). The molecule has 4 heteroatoms. The van der Waals surface area contributed by atoms with Crippen molar-refractivity contribution >= 4 is 5.82 Å². The number of anilines is 1. The third-order valence-electron chi connectivity index (χ3n) is 3.64. The number of aliphatic hydroxyl groups is 2. The lowest BCUT2D eigenvalue weighted by molar-refractivity contribution is 0.199. The van der Waals surface area contributed by atoms with Crippen molar-refractivity contribution in [3.05, 3.63) is 23.9 Å². The molecule has 4 nitrogen and oxygen atoms in total. The standard InChI is InChI=1S/C14H22N2O2/c1-11(18)12-6-7-14(15-9-12)16-8-4-2-3-5-13(16)10-17/h6-7,9,11,13,17-18H,2-5,8,10H2,1H3/t11-,13?/m1/s1. The highest BCUT2D eigenvalue weighted by Gasteiger charge is 2.21. The molecule has 1 aromatic rings. The molecule has 0 saturated carbocycles. The van der Waals surface area contributed by atoms with E-state index < -0.39 is 6.10 Å². The Labute approximate surface area is 108 Å². The SMILES string of the molecule is C[C@@H](O)c1ccc(N2CCCCCC2CO)nc1. The summed E-state index contributed by atoms with van der Waals surface area (Å²) in [5, 5.41) is 19.0. The second-order valence-corrected chi connectivity index (χ2v) is 5.00. The van der Waals surface area contributed by atoms with Gasteiger partial charge in [-0.15, -0.1) is 0 Å². The molecule has 100 valence electrons. The summed E-state index contributed by atoms with van der Waals surface area (Å²) in [6.45, 7) is 2.87. The first-order chi connectivity index (χ1) is 8.72. The lowest BCUT2D eigenvalue weighted by Gasteiger charge is -2.29. The number of rotatable bonds is 3. The first-order valence-corrected chi connectivity index (χ1v) is 6.74. The fraction of sp³-hybridized carbons (Fsp3) is 0.643. The van der Waals surface area contributed by atoms with Crippen molar-refractivity contribution in [3.63, 3.8) is 0 Å². The third kappa shape index (κ3) is 3.00. The Kier molecular flexibility index (Phi) is 4.55. The van der Waals surface area contributed by atoms with Crippen LogP contribution in [-0.4, -0.2) is 34.4 Å². The molecule has 0 radical (unpaired) electrons. The maximum absolute atomic E-state index is 9.48. The van der Waals surface area contributed by atoms with Crippen LogP contribution in [0.2, 0.25) is 0 Å². The van der Waals surface area contributed by atoms with Gasteiger partial charge in [0.15, 0.2) is 0 Å². The lowest BCUT2D eigenvalue weighted by atomic mass is 10.1. The topological polar surface area (TPSA) is 56.6 Å². The number of hydrogen-bond donors (Lipinski definition) is 2. The van der Waals surface area contributed by atoms with E-state index in [2.05, 4.69) is 9.88 Å². The third-order valence-corrected chi connectivity index (χ3v) is 3.64. The largest absolute Gasteiger partial charge is 0.394 e. The van der Waals surface area contributed by atoms with Crippen molar-refractivity contribution < 1.29 is 10.2 Å². The average molecular weight is 250 g/mol. The van der Waals surface area contributed by atoms with Gasteiger partial charge in [0.05, 0.1) is 18.8 Å². The first-order valence-electron chi connectivity index (χ1n) is 6.74. The van der Waals surface area contributed by atoms with E-state index in [9.17, 15) is 10.2 Å². The summed E-state index contributed by atoms with van der Waals surface area (Å²) in [6.07, 6.45) is 5.81. The van der Waals surface area contributed by atoms with E-state index in [-0.39, 0.29) is 12.6 Å². The quantitative estimate of drug-likeness (QED) is 0.860. The van der Waals surface area contributed by atoms with Crippen molar-refractivity contribution in [1.82, 2.24) is 4.98 Å². The zero-order valence-electron chi connectivity index (χ0n) is 10.9. The summed E-state index contributed by atoms with van der Waals surface area (Å²) in [7, 11) is 0. The summed E-state index contributed by atoms with van der Waals surface area (Å²) in [6, 6.07) is 4.03. The highest BCUT2D eigenvalue weighted by molar-refractivity contribution is 5.41. The van der Waals surface area contributed by atoms with Crippen LogP contribution in [0.3, 0.4) is 0 Å². The van der Waals surface area contributed by atoms with Gasteiger partial charge in [-0.2, -0.15) is 0 Å². The molecule has 1 aliphatic rings. The molecule has 2 heterocycles. The van der Waals surface area contributed by atoms with E-state index >= 15 is 0 Å². The maximum Gasteiger partial charge on any atom is 0.128 e. The molecule has 1 aromatic heterocycles. The van der Waals surface area contributed by atoms with Crippen LogP contribution >= 0.6 is 0 Å². The molecule has 1 aliphatic heterocycles. The fourth-order valence-corrected chi connectivity index (χ4v) is 2.48. The van der Waals surface area contributed by atoms with E-state index in [1.54, 1.807) is 13.1 Å². The van der Waals surface area contributed by atoms with Gasteiger partial charge in [-0.3, -0.25) is 0 Å². The van der Waals surface area contributed by atoms with E-state index in [0.29, 0.717) is 0 Å². The van der Waals surface area contributed by atoms with Crippen LogP contribution in [0.5, 0.6) is 0 Å². The van der Waals surface area contributed by atoms with Gasteiger partial charge < -0.3 is 15.1 Å². The normalized spacial score (nSPS) is 22.6. The molecule has 1 unspecified atom stereocenters. The molecule has 18 heavy (non-hydrogen) atoms. The minimum absolute atomic E-state index is 0.178. The zero-order valence-corrected chi connectivity index (χ0v) is 10.9. The summed E-state index contributed by atoms with van der Waals surface area (Å²) in [5.41, 5.74) is 0.828. The minimum Gasteiger partial charge on any atom is -0.394 e. The molecule has 0 bridgehead atoms. The van der Waals surface area contributed by atoms with Crippen LogP contribution < -0.4 is 4.90 Å². The number of nitrogens with zero attached hydrogens (tertiary/aromatic N) is 2. The Morgan fingerprint density at radius 2 is 2.22 bits per heavy atom. The predicted molar refractivity (Wildman–Crippen MR) is 71.6 cm³/mol. The van der Waals surface area contributed by atoms with E-state index in [4.69, 9.17) is 0 Å². The van der Waals surface area contributed by atoms with Gasteiger partial charge in [0.25, 0.3) is 0 Å². The van der Waals surface area contributed by atoms with Gasteiger partial charge >= 0.3 is 0 Å². The van der Waals surface area contributed by atoms with Crippen molar-refractivity contribution in [2.45, 2.75) is 44.8 Å². The van der Waals surface area contributed by atoms with Crippen molar-refractivity contribution in [2.75, 3.05) is 18.1 Å².